The van der Waals surface area contributed by atoms with E-state index in [1.807, 2.05) is 0 Å². The number of hydrogen-bond acceptors (Lipinski definition) is 5. The molecule has 0 bridgehead atoms. The number of carbonyl (C=O) groups is 1. The minimum atomic E-state index is -3.54. The fourth-order valence-corrected chi connectivity index (χ4v) is 4.98. The molecule has 3 rings (SSSR count). The summed E-state index contributed by atoms with van der Waals surface area (Å²) >= 11 is 0. The van der Waals surface area contributed by atoms with Crippen LogP contribution in [0.2, 0.25) is 0 Å². The second kappa shape index (κ2) is 9.07. The van der Waals surface area contributed by atoms with Gasteiger partial charge in [0, 0.05) is 13.1 Å². The molecule has 1 N–H and O–H groups in total. The van der Waals surface area contributed by atoms with Gasteiger partial charge in [0.05, 0.1) is 16.5 Å². The van der Waals surface area contributed by atoms with Crippen molar-refractivity contribution >= 4 is 27.0 Å². The maximum Gasteiger partial charge on any atom is 0.420 e. The van der Waals surface area contributed by atoms with Gasteiger partial charge in [0.1, 0.15) is 6.04 Å². The molecule has 0 aliphatic rings. The van der Waals surface area contributed by atoms with Crippen molar-refractivity contribution in [2.45, 2.75) is 44.7 Å². The van der Waals surface area contributed by atoms with E-state index in [2.05, 4.69) is 5.32 Å². The number of oxazole rings is 1. The summed E-state index contributed by atoms with van der Waals surface area (Å²) < 4.78 is 33.2. The van der Waals surface area contributed by atoms with Crippen molar-refractivity contribution in [2.75, 3.05) is 13.1 Å². The fraction of sp³-hybridized carbons (Fsp3) is 0.364. The predicted molar refractivity (Wildman–Crippen MR) is 118 cm³/mol. The van der Waals surface area contributed by atoms with Gasteiger partial charge in [-0.15, -0.1) is 0 Å². The van der Waals surface area contributed by atoms with E-state index in [1.54, 1.807) is 76.2 Å². The maximum atomic E-state index is 12.8. The molecule has 0 unspecified atom stereocenters. The van der Waals surface area contributed by atoms with Gasteiger partial charge >= 0.3 is 5.76 Å². The van der Waals surface area contributed by atoms with E-state index in [-0.39, 0.29) is 16.8 Å². The summed E-state index contributed by atoms with van der Waals surface area (Å²) in [4.78, 5) is 25.2. The van der Waals surface area contributed by atoms with Crippen molar-refractivity contribution < 1.29 is 17.6 Å². The van der Waals surface area contributed by atoms with Crippen LogP contribution in [0.5, 0.6) is 0 Å². The Kier molecular flexibility index (Phi) is 6.66. The summed E-state index contributed by atoms with van der Waals surface area (Å²) in [6.45, 7) is 7.81. The lowest BCUT2D eigenvalue weighted by atomic mass is 10.1. The largest absolute Gasteiger partial charge is 0.420 e. The SMILES string of the molecule is CCN(CC)S(=O)(=O)c1ccc([C@@H](C)NC(=O)[C@@H](C)n2c(=O)oc3ccccc32)cc1. The first-order valence-corrected chi connectivity index (χ1v) is 11.6. The zero-order valence-corrected chi connectivity index (χ0v) is 18.8. The third kappa shape index (κ3) is 4.42. The van der Waals surface area contributed by atoms with Gasteiger partial charge in [0.2, 0.25) is 15.9 Å². The quantitative estimate of drug-likeness (QED) is 0.574. The van der Waals surface area contributed by atoms with Crippen LogP contribution in [0.15, 0.2) is 62.6 Å². The Morgan fingerprint density at radius 3 is 2.29 bits per heavy atom. The molecule has 0 fully saturated rings. The summed E-state index contributed by atoms with van der Waals surface area (Å²) in [7, 11) is -3.54. The van der Waals surface area contributed by atoms with Crippen molar-refractivity contribution in [1.82, 2.24) is 14.2 Å². The van der Waals surface area contributed by atoms with Gasteiger partial charge in [-0.1, -0.05) is 38.1 Å². The normalized spacial score (nSPS) is 14.0. The summed E-state index contributed by atoms with van der Waals surface area (Å²) in [5, 5.41) is 2.88. The zero-order valence-electron chi connectivity index (χ0n) is 18.0. The average molecular weight is 446 g/mol. The predicted octanol–water partition coefficient (Wildman–Crippen LogP) is 3.06. The molecule has 0 spiro atoms. The number of aromatic nitrogens is 1. The summed E-state index contributed by atoms with van der Waals surface area (Å²) in [6, 6.07) is 12.2. The first-order chi connectivity index (χ1) is 14.7. The van der Waals surface area contributed by atoms with Crippen LogP contribution in [0.1, 0.15) is 45.3 Å². The van der Waals surface area contributed by atoms with Gasteiger partial charge in [0.15, 0.2) is 5.58 Å². The van der Waals surface area contributed by atoms with Gasteiger partial charge in [-0.05, 0) is 43.7 Å². The van der Waals surface area contributed by atoms with Gasteiger partial charge < -0.3 is 9.73 Å². The van der Waals surface area contributed by atoms with Gasteiger partial charge in [-0.25, -0.2) is 13.2 Å². The Labute approximate surface area is 181 Å². The lowest BCUT2D eigenvalue weighted by molar-refractivity contribution is -0.124. The van der Waals surface area contributed by atoms with Gasteiger partial charge in [-0.3, -0.25) is 9.36 Å². The molecule has 0 saturated heterocycles. The van der Waals surface area contributed by atoms with E-state index < -0.39 is 21.8 Å². The highest BCUT2D eigenvalue weighted by Gasteiger charge is 2.24. The van der Waals surface area contributed by atoms with Crippen LogP contribution in [0, 0.1) is 0 Å². The van der Waals surface area contributed by atoms with E-state index in [4.69, 9.17) is 4.42 Å². The molecule has 0 saturated carbocycles. The second-order valence-electron chi connectivity index (χ2n) is 7.27. The number of nitrogens with zero attached hydrogens (tertiary/aromatic N) is 2. The second-order valence-corrected chi connectivity index (χ2v) is 9.21. The third-order valence-corrected chi connectivity index (χ3v) is 7.43. The molecule has 0 aliphatic heterocycles. The molecule has 2 aromatic carbocycles. The Balaban J connectivity index is 1.76. The Morgan fingerprint density at radius 1 is 1.06 bits per heavy atom. The van der Waals surface area contributed by atoms with E-state index in [0.29, 0.717) is 24.2 Å². The molecular formula is C22H27N3O5S. The molecule has 0 radical (unpaired) electrons. The first-order valence-electron chi connectivity index (χ1n) is 10.2. The maximum absolute atomic E-state index is 12.8. The minimum absolute atomic E-state index is 0.211. The highest BCUT2D eigenvalue weighted by molar-refractivity contribution is 7.89. The summed E-state index contributed by atoms with van der Waals surface area (Å²) in [6.07, 6.45) is 0. The number of sulfonamides is 1. The summed E-state index contributed by atoms with van der Waals surface area (Å²) in [5.41, 5.74) is 1.72. The van der Waals surface area contributed by atoms with E-state index in [9.17, 15) is 18.0 Å². The number of hydrogen-bond donors (Lipinski definition) is 1. The summed E-state index contributed by atoms with van der Waals surface area (Å²) in [5.74, 6) is -0.941. The van der Waals surface area contributed by atoms with Crippen LogP contribution < -0.4 is 11.1 Å². The molecule has 8 nitrogen and oxygen atoms in total. The number of fused-ring (bicyclic) bond motifs is 1. The number of nitrogens with one attached hydrogen (secondary N) is 1. The Bertz CT molecular complexity index is 1220. The zero-order chi connectivity index (χ0) is 22.8. The van der Waals surface area contributed by atoms with Crippen LogP contribution in [0.3, 0.4) is 0 Å². The van der Waals surface area contributed by atoms with Crippen LogP contribution in [-0.2, 0) is 14.8 Å². The van der Waals surface area contributed by atoms with Gasteiger partial charge in [0.25, 0.3) is 0 Å². The molecule has 1 aromatic heterocycles. The Hall–Kier alpha value is -2.91. The van der Waals surface area contributed by atoms with E-state index in [0.717, 1.165) is 5.56 Å². The van der Waals surface area contributed by atoms with Crippen LogP contribution in [-0.4, -0.2) is 36.3 Å². The third-order valence-electron chi connectivity index (χ3n) is 5.37. The molecule has 0 aliphatic carbocycles. The average Bonchev–Trinajstić information content (AvgIpc) is 3.09. The van der Waals surface area contributed by atoms with Crippen LogP contribution >= 0.6 is 0 Å². The van der Waals surface area contributed by atoms with E-state index >= 15 is 0 Å². The first kappa shape index (κ1) is 22.8. The van der Waals surface area contributed by atoms with Crippen LogP contribution in [0.25, 0.3) is 11.1 Å². The van der Waals surface area contributed by atoms with E-state index in [1.165, 1.54) is 8.87 Å². The molecule has 31 heavy (non-hydrogen) atoms. The van der Waals surface area contributed by atoms with Crippen molar-refractivity contribution in [1.29, 1.82) is 0 Å². The minimum Gasteiger partial charge on any atom is -0.408 e. The molecular weight excluding hydrogens is 418 g/mol. The highest BCUT2D eigenvalue weighted by Crippen LogP contribution is 2.21. The smallest absolute Gasteiger partial charge is 0.408 e. The monoisotopic (exact) mass is 445 g/mol. The highest BCUT2D eigenvalue weighted by atomic mass is 32.2. The fourth-order valence-electron chi connectivity index (χ4n) is 3.53. The van der Waals surface area contributed by atoms with Gasteiger partial charge in [-0.2, -0.15) is 4.31 Å². The number of amides is 1. The number of benzene rings is 2. The Morgan fingerprint density at radius 2 is 1.68 bits per heavy atom. The molecule has 1 heterocycles. The van der Waals surface area contributed by atoms with Crippen molar-refractivity contribution in [2.24, 2.45) is 0 Å². The number of rotatable bonds is 8. The molecule has 2 atom stereocenters. The lowest BCUT2D eigenvalue weighted by Crippen LogP contribution is -2.35. The van der Waals surface area contributed by atoms with Crippen LogP contribution in [0.4, 0.5) is 0 Å². The standard InChI is InChI=1S/C22H27N3O5S/c1-5-24(6-2)31(28,29)18-13-11-17(12-14-18)15(3)23-21(26)16(4)25-19-9-7-8-10-20(19)30-22(25)27/h7-16H,5-6H2,1-4H3,(H,23,26)/t15-,16-/m1/s1. The topological polar surface area (TPSA) is 102 Å². The van der Waals surface area contributed by atoms with Crippen molar-refractivity contribution in [3.63, 3.8) is 0 Å². The molecule has 3 aromatic rings. The number of para-hydroxylation sites is 2. The number of carbonyl (C=O) groups excluding carboxylic acids is 1. The van der Waals surface area contributed by atoms with Crippen molar-refractivity contribution in [3.8, 4) is 0 Å². The molecule has 1 amide bonds. The molecule has 166 valence electrons. The lowest BCUT2D eigenvalue weighted by Gasteiger charge is -2.20. The molecule has 9 heteroatoms. The van der Waals surface area contributed by atoms with Crippen molar-refractivity contribution in [3.05, 3.63) is 64.6 Å².